The number of sulfone groups is 1. The molecule has 0 bridgehead atoms. The quantitative estimate of drug-likeness (QED) is 0.516. The maximum Gasteiger partial charge on any atom is 0.256 e. The molecule has 1 heterocycles. The second-order valence-corrected chi connectivity index (χ2v) is 5.92. The number of ether oxygens (including phenoxy) is 1. The zero-order chi connectivity index (χ0) is 10.1. The summed E-state index contributed by atoms with van der Waals surface area (Å²) < 4.78 is 26.9. The average Bonchev–Trinajstić information content (AvgIpc) is 2.24. The van der Waals surface area contributed by atoms with Crippen molar-refractivity contribution in [1.29, 1.82) is 0 Å². The molecule has 1 fully saturated rings. The lowest BCUT2D eigenvalue weighted by molar-refractivity contribution is 0.385. The number of hydrogen-bond donors (Lipinski definition) is 1. The van der Waals surface area contributed by atoms with Crippen LogP contribution in [-0.2, 0) is 14.6 Å². The molecule has 2 unspecified atom stereocenters. The Balaban J connectivity index is 2.59. The van der Waals surface area contributed by atoms with Gasteiger partial charge in [0, 0.05) is 0 Å². The van der Waals surface area contributed by atoms with E-state index in [0.29, 0.717) is 0 Å². The van der Waals surface area contributed by atoms with Crippen molar-refractivity contribution in [3.63, 3.8) is 0 Å². The zero-order valence-electron chi connectivity index (χ0n) is 6.99. The largest absolute Gasteiger partial charge is 0.474 e. The van der Waals surface area contributed by atoms with Gasteiger partial charge >= 0.3 is 0 Å². The predicted octanol–water partition coefficient (Wildman–Crippen LogP) is -0.0883. The normalized spacial score (nSPS) is 31.2. The van der Waals surface area contributed by atoms with Gasteiger partial charge in [-0.05, 0) is 12.2 Å². The minimum Gasteiger partial charge on any atom is -0.474 e. The molecule has 0 spiro atoms. The number of hydrogen-bond acceptors (Lipinski definition) is 4. The van der Waals surface area contributed by atoms with Crippen LogP contribution in [0.3, 0.4) is 0 Å². The van der Waals surface area contributed by atoms with Crippen molar-refractivity contribution in [3.05, 3.63) is 0 Å². The molecule has 2 atom stereocenters. The SMILES string of the molecule is COC(=S)NC1CS(=O)(=O)CC1Cl. The van der Waals surface area contributed by atoms with E-state index in [1.807, 2.05) is 0 Å². The molecule has 0 aliphatic carbocycles. The van der Waals surface area contributed by atoms with Crippen LogP contribution in [-0.4, -0.2) is 43.6 Å². The minimum atomic E-state index is -3.01. The van der Waals surface area contributed by atoms with Crippen molar-refractivity contribution in [2.45, 2.75) is 11.4 Å². The third-order valence-corrected chi connectivity index (χ3v) is 4.43. The third-order valence-electron chi connectivity index (χ3n) is 1.77. The van der Waals surface area contributed by atoms with Gasteiger partial charge in [0.15, 0.2) is 9.84 Å². The monoisotopic (exact) mass is 243 g/mol. The molecule has 0 aromatic rings. The molecule has 0 saturated carbocycles. The van der Waals surface area contributed by atoms with Gasteiger partial charge in [0.1, 0.15) is 0 Å². The maximum absolute atomic E-state index is 11.1. The molecule has 0 radical (unpaired) electrons. The first-order valence-electron chi connectivity index (χ1n) is 3.63. The zero-order valence-corrected chi connectivity index (χ0v) is 9.38. The average molecular weight is 244 g/mol. The molecule has 0 amide bonds. The fourth-order valence-electron chi connectivity index (χ4n) is 1.15. The van der Waals surface area contributed by atoms with Crippen molar-refractivity contribution in [1.82, 2.24) is 5.32 Å². The summed E-state index contributed by atoms with van der Waals surface area (Å²) in [6, 6.07) is -0.334. The highest BCUT2D eigenvalue weighted by molar-refractivity contribution is 7.91. The Bertz CT molecular complexity index is 303. The molecule has 0 aromatic carbocycles. The lowest BCUT2D eigenvalue weighted by Gasteiger charge is -2.14. The first-order valence-corrected chi connectivity index (χ1v) is 6.30. The van der Waals surface area contributed by atoms with E-state index in [1.54, 1.807) is 0 Å². The number of methoxy groups -OCH3 is 1. The van der Waals surface area contributed by atoms with E-state index in [-0.39, 0.29) is 22.7 Å². The number of nitrogens with one attached hydrogen (secondary N) is 1. The summed E-state index contributed by atoms with van der Waals surface area (Å²) >= 11 is 10.5. The summed E-state index contributed by atoms with van der Waals surface area (Å²) in [5, 5.41) is 2.47. The fourth-order valence-corrected chi connectivity index (χ4v) is 3.85. The molecule has 1 N–H and O–H groups in total. The van der Waals surface area contributed by atoms with E-state index in [0.717, 1.165) is 0 Å². The molecule has 1 aliphatic rings. The Morgan fingerprint density at radius 1 is 1.62 bits per heavy atom. The summed E-state index contributed by atoms with van der Waals surface area (Å²) in [6.45, 7) is 0. The number of halogens is 1. The first-order chi connectivity index (χ1) is 5.94. The Morgan fingerprint density at radius 3 is 2.62 bits per heavy atom. The van der Waals surface area contributed by atoms with E-state index in [4.69, 9.17) is 28.6 Å². The molecule has 1 rings (SSSR count). The molecule has 13 heavy (non-hydrogen) atoms. The van der Waals surface area contributed by atoms with E-state index in [1.165, 1.54) is 7.11 Å². The van der Waals surface area contributed by atoms with Gasteiger partial charge in [-0.15, -0.1) is 11.6 Å². The summed E-state index contributed by atoms with van der Waals surface area (Å²) in [5.41, 5.74) is 0. The standard InChI is InChI=1S/C6H10ClNO3S2/c1-11-6(12)8-5-3-13(9,10)2-4(5)7/h4-5H,2-3H2,1H3,(H,8,12). The predicted molar refractivity (Wildman–Crippen MR) is 54.8 cm³/mol. The lowest BCUT2D eigenvalue weighted by atomic mass is 10.3. The van der Waals surface area contributed by atoms with Crippen molar-refractivity contribution in [2.24, 2.45) is 0 Å². The Hall–Kier alpha value is -0.0700. The second kappa shape index (κ2) is 3.98. The first kappa shape index (κ1) is 11.0. The highest BCUT2D eigenvalue weighted by Crippen LogP contribution is 2.17. The molecule has 1 aliphatic heterocycles. The van der Waals surface area contributed by atoms with Crippen LogP contribution in [0.15, 0.2) is 0 Å². The van der Waals surface area contributed by atoms with Crippen molar-refractivity contribution < 1.29 is 13.2 Å². The van der Waals surface area contributed by atoms with E-state index in [2.05, 4.69) is 5.32 Å². The number of rotatable bonds is 1. The highest BCUT2D eigenvalue weighted by Gasteiger charge is 2.36. The van der Waals surface area contributed by atoms with E-state index in [9.17, 15) is 8.42 Å². The van der Waals surface area contributed by atoms with Crippen LogP contribution in [0.1, 0.15) is 0 Å². The Labute approximate surface area is 87.5 Å². The number of thiocarbonyl (C=S) groups is 1. The van der Waals surface area contributed by atoms with Gasteiger partial charge in [-0.1, -0.05) is 0 Å². The van der Waals surface area contributed by atoms with Crippen molar-refractivity contribution in [2.75, 3.05) is 18.6 Å². The van der Waals surface area contributed by atoms with Crippen LogP contribution in [0, 0.1) is 0 Å². The highest BCUT2D eigenvalue weighted by atomic mass is 35.5. The van der Waals surface area contributed by atoms with Crippen LogP contribution in [0.25, 0.3) is 0 Å². The molecular formula is C6H10ClNO3S2. The minimum absolute atomic E-state index is 0.00144. The Morgan fingerprint density at radius 2 is 2.23 bits per heavy atom. The van der Waals surface area contributed by atoms with E-state index < -0.39 is 15.2 Å². The van der Waals surface area contributed by atoms with Gasteiger partial charge in [0.25, 0.3) is 5.17 Å². The summed E-state index contributed by atoms with van der Waals surface area (Å²) in [5.74, 6) is 0.0171. The van der Waals surface area contributed by atoms with Crippen LogP contribution in [0.4, 0.5) is 0 Å². The molecular weight excluding hydrogens is 234 g/mol. The van der Waals surface area contributed by atoms with Gasteiger partial charge in [-0.2, -0.15) is 0 Å². The molecule has 7 heteroatoms. The second-order valence-electron chi connectivity index (χ2n) is 2.84. The maximum atomic E-state index is 11.1. The van der Waals surface area contributed by atoms with Gasteiger partial charge in [-0.25, -0.2) is 8.42 Å². The third kappa shape index (κ3) is 2.96. The van der Waals surface area contributed by atoms with Crippen LogP contribution in [0.5, 0.6) is 0 Å². The van der Waals surface area contributed by atoms with Gasteiger partial charge in [0.05, 0.1) is 30.0 Å². The topological polar surface area (TPSA) is 55.4 Å². The summed E-state index contributed by atoms with van der Waals surface area (Å²) in [6.07, 6.45) is 0. The van der Waals surface area contributed by atoms with Crippen molar-refractivity contribution in [3.8, 4) is 0 Å². The molecule has 1 saturated heterocycles. The van der Waals surface area contributed by atoms with Crippen LogP contribution >= 0.6 is 23.8 Å². The lowest BCUT2D eigenvalue weighted by Crippen LogP contribution is -2.40. The van der Waals surface area contributed by atoms with E-state index >= 15 is 0 Å². The van der Waals surface area contributed by atoms with Gasteiger partial charge in [-0.3, -0.25) is 0 Å². The molecule has 4 nitrogen and oxygen atoms in total. The number of alkyl halides is 1. The fraction of sp³-hybridized carbons (Fsp3) is 0.833. The smallest absolute Gasteiger partial charge is 0.256 e. The molecule has 0 aromatic heterocycles. The van der Waals surface area contributed by atoms with Crippen molar-refractivity contribution >= 4 is 38.8 Å². The molecule has 76 valence electrons. The van der Waals surface area contributed by atoms with Crippen LogP contribution < -0.4 is 5.32 Å². The summed E-state index contributed by atoms with van der Waals surface area (Å²) in [7, 11) is -1.59. The van der Waals surface area contributed by atoms with Gasteiger partial charge in [0.2, 0.25) is 0 Å². The van der Waals surface area contributed by atoms with Crippen LogP contribution in [0.2, 0.25) is 0 Å². The Kier molecular flexibility index (Phi) is 3.37. The summed E-state index contributed by atoms with van der Waals surface area (Å²) in [4.78, 5) is 0. The van der Waals surface area contributed by atoms with Gasteiger partial charge < -0.3 is 10.1 Å².